The van der Waals surface area contributed by atoms with Crippen LogP contribution in [-0.4, -0.2) is 11.2 Å². The molecule has 0 heterocycles. The van der Waals surface area contributed by atoms with Gasteiger partial charge in [0.05, 0.1) is 10.5 Å². The molecule has 0 atom stereocenters. The van der Waals surface area contributed by atoms with Crippen molar-refractivity contribution < 1.29 is 14.1 Å². The number of nitro benzene ring substituents is 1. The summed E-state index contributed by atoms with van der Waals surface area (Å²) in [6.45, 7) is 1.38. The van der Waals surface area contributed by atoms with E-state index < -0.39 is 10.7 Å². The fourth-order valence-corrected chi connectivity index (χ4v) is 1.10. The van der Waals surface area contributed by atoms with E-state index in [0.717, 1.165) is 12.1 Å². The van der Waals surface area contributed by atoms with E-state index in [0.29, 0.717) is 0 Å². The molecular weight excluding hydrogens is 177 g/mol. The Morgan fingerprint density at radius 2 is 2.15 bits per heavy atom. The molecule has 68 valence electrons. The molecule has 4 nitrogen and oxygen atoms in total. The van der Waals surface area contributed by atoms with Crippen molar-refractivity contribution in [3.05, 3.63) is 39.2 Å². The van der Waals surface area contributed by atoms with E-state index in [1.807, 2.05) is 0 Å². The molecule has 1 aromatic rings. The van der Waals surface area contributed by atoms with Crippen LogP contribution in [0.15, 0.2) is 12.1 Å². The molecule has 0 spiro atoms. The monoisotopic (exact) mass is 183 g/mol. The molecule has 0 fully saturated rings. The van der Waals surface area contributed by atoms with Crippen LogP contribution in [0.1, 0.15) is 15.9 Å². The summed E-state index contributed by atoms with van der Waals surface area (Å²) in [6.07, 6.45) is 0.272. The Morgan fingerprint density at radius 1 is 1.54 bits per heavy atom. The van der Waals surface area contributed by atoms with Crippen LogP contribution in [0.3, 0.4) is 0 Å². The van der Waals surface area contributed by atoms with E-state index in [1.54, 1.807) is 0 Å². The molecule has 0 N–H and O–H groups in total. The third-order valence-corrected chi connectivity index (χ3v) is 1.60. The lowest BCUT2D eigenvalue weighted by molar-refractivity contribution is -0.385. The van der Waals surface area contributed by atoms with Crippen molar-refractivity contribution in [2.45, 2.75) is 6.92 Å². The lowest BCUT2D eigenvalue weighted by Crippen LogP contribution is -1.98. The first-order chi connectivity index (χ1) is 6.06. The normalized spacial score (nSPS) is 9.69. The summed E-state index contributed by atoms with van der Waals surface area (Å²) >= 11 is 0. The summed E-state index contributed by atoms with van der Waals surface area (Å²) < 4.78 is 12.7. The Kier molecular flexibility index (Phi) is 2.36. The fourth-order valence-electron chi connectivity index (χ4n) is 1.10. The summed E-state index contributed by atoms with van der Waals surface area (Å²) in [5.41, 5.74) is -0.425. The number of nitro groups is 1. The van der Waals surface area contributed by atoms with Crippen LogP contribution in [0, 0.1) is 22.9 Å². The van der Waals surface area contributed by atoms with Gasteiger partial charge in [0.15, 0.2) is 6.29 Å². The van der Waals surface area contributed by atoms with Crippen LogP contribution < -0.4 is 0 Å². The first-order valence-corrected chi connectivity index (χ1v) is 3.46. The quantitative estimate of drug-likeness (QED) is 0.399. The van der Waals surface area contributed by atoms with Gasteiger partial charge in [-0.25, -0.2) is 4.39 Å². The van der Waals surface area contributed by atoms with Gasteiger partial charge in [0.2, 0.25) is 0 Å². The fraction of sp³-hybridized carbons (Fsp3) is 0.125. The minimum Gasteiger partial charge on any atom is -0.298 e. The van der Waals surface area contributed by atoms with Crippen molar-refractivity contribution in [2.24, 2.45) is 0 Å². The van der Waals surface area contributed by atoms with E-state index in [2.05, 4.69) is 0 Å². The second-order valence-corrected chi connectivity index (χ2v) is 2.54. The number of halogens is 1. The zero-order chi connectivity index (χ0) is 10.0. The van der Waals surface area contributed by atoms with E-state index in [1.165, 1.54) is 6.92 Å². The molecule has 0 unspecified atom stereocenters. The van der Waals surface area contributed by atoms with Crippen molar-refractivity contribution in [3.8, 4) is 0 Å². The van der Waals surface area contributed by atoms with E-state index in [4.69, 9.17) is 0 Å². The topological polar surface area (TPSA) is 60.2 Å². The molecule has 0 bridgehead atoms. The van der Waals surface area contributed by atoms with Gasteiger partial charge in [-0.1, -0.05) is 0 Å². The maximum atomic E-state index is 12.7. The number of hydrogen-bond donors (Lipinski definition) is 0. The van der Waals surface area contributed by atoms with Gasteiger partial charge in [0, 0.05) is 5.56 Å². The molecule has 0 aliphatic carbocycles. The zero-order valence-corrected chi connectivity index (χ0v) is 6.78. The van der Waals surface area contributed by atoms with Gasteiger partial charge in [0.25, 0.3) is 5.69 Å². The molecule has 1 rings (SSSR count). The zero-order valence-electron chi connectivity index (χ0n) is 6.78. The number of carbonyl (C=O) groups is 1. The van der Waals surface area contributed by atoms with Crippen LogP contribution >= 0.6 is 0 Å². The largest absolute Gasteiger partial charge is 0.298 e. The Labute approximate surface area is 73.1 Å². The smallest absolute Gasteiger partial charge is 0.282 e. The Balaban J connectivity index is 3.47. The Bertz CT molecular complexity index is 376. The van der Waals surface area contributed by atoms with Gasteiger partial charge in [0.1, 0.15) is 5.82 Å². The van der Waals surface area contributed by atoms with E-state index in [-0.39, 0.29) is 23.1 Å². The minimum absolute atomic E-state index is 0.145. The SMILES string of the molecule is Cc1cc(F)cc(C=O)c1[N+](=O)[O-]. The number of aryl methyl sites for hydroxylation is 1. The highest BCUT2D eigenvalue weighted by Crippen LogP contribution is 2.22. The van der Waals surface area contributed by atoms with Crippen molar-refractivity contribution in [1.82, 2.24) is 0 Å². The first-order valence-electron chi connectivity index (χ1n) is 3.46. The molecule has 0 amide bonds. The standard InChI is InChI=1S/C8H6FNO3/c1-5-2-7(9)3-6(4-11)8(5)10(12)13/h2-4H,1H3. The number of hydrogen-bond acceptors (Lipinski definition) is 3. The van der Waals surface area contributed by atoms with Crippen LogP contribution in [0.2, 0.25) is 0 Å². The second-order valence-electron chi connectivity index (χ2n) is 2.54. The average Bonchev–Trinajstić information content (AvgIpc) is 2.01. The minimum atomic E-state index is -0.696. The van der Waals surface area contributed by atoms with Crippen LogP contribution in [-0.2, 0) is 0 Å². The van der Waals surface area contributed by atoms with Gasteiger partial charge in [-0.2, -0.15) is 0 Å². The van der Waals surface area contributed by atoms with Gasteiger partial charge in [-0.3, -0.25) is 14.9 Å². The van der Waals surface area contributed by atoms with E-state index in [9.17, 15) is 19.3 Å². The van der Waals surface area contributed by atoms with Gasteiger partial charge < -0.3 is 0 Å². The van der Waals surface area contributed by atoms with Crippen molar-refractivity contribution in [2.75, 3.05) is 0 Å². The number of benzene rings is 1. The van der Waals surface area contributed by atoms with Crippen molar-refractivity contribution >= 4 is 12.0 Å². The summed E-state index contributed by atoms with van der Waals surface area (Å²) in [7, 11) is 0. The van der Waals surface area contributed by atoms with Gasteiger partial charge in [-0.05, 0) is 19.1 Å². The average molecular weight is 183 g/mol. The summed E-state index contributed by atoms with van der Waals surface area (Å²) in [4.78, 5) is 20.1. The predicted molar refractivity (Wildman–Crippen MR) is 43.2 cm³/mol. The molecule has 0 aromatic heterocycles. The van der Waals surface area contributed by atoms with E-state index >= 15 is 0 Å². The maximum Gasteiger partial charge on any atom is 0.282 e. The maximum absolute atomic E-state index is 12.7. The molecule has 0 saturated carbocycles. The third-order valence-electron chi connectivity index (χ3n) is 1.60. The summed E-state index contributed by atoms with van der Waals surface area (Å²) in [6, 6.07) is 1.86. The molecule has 0 radical (unpaired) electrons. The Morgan fingerprint density at radius 3 is 2.62 bits per heavy atom. The molecular formula is C8H6FNO3. The van der Waals surface area contributed by atoms with Gasteiger partial charge in [-0.15, -0.1) is 0 Å². The second kappa shape index (κ2) is 3.30. The molecule has 1 aromatic carbocycles. The molecule has 0 saturated heterocycles. The summed E-state index contributed by atoms with van der Waals surface area (Å²) in [5, 5.41) is 10.4. The number of carbonyl (C=O) groups excluding carboxylic acids is 1. The third kappa shape index (κ3) is 1.69. The molecule has 5 heteroatoms. The summed E-state index contributed by atoms with van der Waals surface area (Å²) in [5.74, 6) is -0.648. The van der Waals surface area contributed by atoms with Crippen molar-refractivity contribution in [3.63, 3.8) is 0 Å². The van der Waals surface area contributed by atoms with Crippen LogP contribution in [0.5, 0.6) is 0 Å². The number of aldehydes is 1. The number of rotatable bonds is 2. The highest BCUT2D eigenvalue weighted by atomic mass is 19.1. The van der Waals surface area contributed by atoms with Gasteiger partial charge >= 0.3 is 0 Å². The predicted octanol–water partition coefficient (Wildman–Crippen LogP) is 1.85. The molecule has 13 heavy (non-hydrogen) atoms. The lowest BCUT2D eigenvalue weighted by atomic mass is 10.1. The Hall–Kier alpha value is -1.78. The lowest BCUT2D eigenvalue weighted by Gasteiger charge is -1.99. The number of nitrogens with zero attached hydrogens (tertiary/aromatic N) is 1. The highest BCUT2D eigenvalue weighted by Gasteiger charge is 2.17. The first kappa shape index (κ1) is 9.31. The van der Waals surface area contributed by atoms with Crippen LogP contribution in [0.4, 0.5) is 10.1 Å². The highest BCUT2D eigenvalue weighted by molar-refractivity contribution is 5.82. The molecule has 0 aliphatic rings. The van der Waals surface area contributed by atoms with Crippen LogP contribution in [0.25, 0.3) is 0 Å². The van der Waals surface area contributed by atoms with Crippen molar-refractivity contribution in [1.29, 1.82) is 0 Å². The molecule has 0 aliphatic heterocycles.